The Hall–Kier alpha value is -5.50. The molecule has 1 unspecified atom stereocenters. The van der Waals surface area contributed by atoms with Gasteiger partial charge in [0.15, 0.2) is 0 Å². The van der Waals surface area contributed by atoms with Gasteiger partial charge in [0.05, 0.1) is 35.4 Å². The second-order valence-corrected chi connectivity index (χ2v) is 15.8. The van der Waals surface area contributed by atoms with E-state index in [1.807, 2.05) is 6.07 Å². The van der Waals surface area contributed by atoms with Gasteiger partial charge in [-0.3, -0.25) is 38.7 Å². The van der Waals surface area contributed by atoms with Crippen molar-refractivity contribution >= 4 is 45.3 Å². The normalized spacial score (nSPS) is 19.8. The Kier molecular flexibility index (Phi) is 10.6. The highest BCUT2D eigenvalue weighted by Crippen LogP contribution is 2.34. The molecule has 4 fully saturated rings. The van der Waals surface area contributed by atoms with Crippen LogP contribution in [0.15, 0.2) is 64.4 Å². The zero-order chi connectivity index (χ0) is 38.9. The van der Waals surface area contributed by atoms with Gasteiger partial charge in [-0.2, -0.15) is 5.10 Å². The zero-order valence-electron chi connectivity index (χ0n) is 32.1. The average molecular weight is 767 g/mol. The number of aromatic amines is 1. The number of hydrogen-bond donors (Lipinski definition) is 3. The quantitative estimate of drug-likeness (QED) is 0.165. The minimum atomic E-state index is -0.627. The largest absolute Gasteiger partial charge is 0.496 e. The number of methoxy groups -OCH3 is 1. The Bertz CT molecular complexity index is 2400. The summed E-state index contributed by atoms with van der Waals surface area (Å²) in [5.41, 5.74) is 3.93. The zero-order valence-corrected chi connectivity index (χ0v) is 32.1. The number of anilines is 1. The Morgan fingerprint density at radius 3 is 2.46 bits per heavy atom. The second kappa shape index (κ2) is 15.9. The summed E-state index contributed by atoms with van der Waals surface area (Å²) in [5, 5.41) is 12.6. The van der Waals surface area contributed by atoms with E-state index in [2.05, 4.69) is 37.9 Å². The fraction of sp³-hybridized carbons (Fsp3) is 0.476. The second-order valence-electron chi connectivity index (χ2n) is 15.8. The Labute approximate surface area is 327 Å². The van der Waals surface area contributed by atoms with Crippen molar-refractivity contribution in [1.29, 1.82) is 0 Å². The van der Waals surface area contributed by atoms with E-state index in [4.69, 9.17) is 4.74 Å². The first kappa shape index (κ1) is 37.4. The highest BCUT2D eigenvalue weighted by molar-refractivity contribution is 6.08. The van der Waals surface area contributed by atoms with Crippen LogP contribution in [0, 0.1) is 5.92 Å². The predicted octanol–water partition coefficient (Wildman–Crippen LogP) is 5.89. The molecule has 5 heterocycles. The highest BCUT2D eigenvalue weighted by atomic mass is 16.5. The summed E-state index contributed by atoms with van der Waals surface area (Å²) in [4.78, 5) is 64.6. The van der Waals surface area contributed by atoms with Crippen LogP contribution in [-0.4, -0.2) is 73.3 Å². The SMILES string of the molecule is COc1cc2[nH]ncc2cc1C(=O)Nc1cccn(C2CC2)c1=O.Cn1c(=O)n(C2CCC(=O)NC2=O)c2ccc(C3CCN(CC4CCCCC4)CC3)cc21.[HH].[HH]. The van der Waals surface area contributed by atoms with E-state index in [0.717, 1.165) is 66.6 Å². The van der Waals surface area contributed by atoms with E-state index >= 15 is 0 Å². The first-order valence-corrected chi connectivity index (χ1v) is 20.0. The number of pyridine rings is 1. The highest BCUT2D eigenvalue weighted by Gasteiger charge is 2.32. The molecular weight excluding hydrogens is 713 g/mol. The van der Waals surface area contributed by atoms with Crippen molar-refractivity contribution < 1.29 is 22.0 Å². The van der Waals surface area contributed by atoms with Gasteiger partial charge in [0, 0.05) is 46.6 Å². The van der Waals surface area contributed by atoms with Gasteiger partial charge in [0.1, 0.15) is 17.5 Å². The lowest BCUT2D eigenvalue weighted by Crippen LogP contribution is -2.44. The monoisotopic (exact) mass is 766 g/mol. The minimum Gasteiger partial charge on any atom is -0.496 e. The Morgan fingerprint density at radius 2 is 1.73 bits per heavy atom. The van der Waals surface area contributed by atoms with E-state index in [9.17, 15) is 24.0 Å². The maximum atomic E-state index is 13.0. The van der Waals surface area contributed by atoms with E-state index < -0.39 is 6.04 Å². The smallest absolute Gasteiger partial charge is 0.329 e. The summed E-state index contributed by atoms with van der Waals surface area (Å²) in [6, 6.07) is 12.7. The van der Waals surface area contributed by atoms with Crippen LogP contribution in [0.5, 0.6) is 5.75 Å². The van der Waals surface area contributed by atoms with Crippen LogP contribution in [-0.2, 0) is 16.6 Å². The summed E-state index contributed by atoms with van der Waals surface area (Å²) in [6.45, 7) is 3.56. The lowest BCUT2D eigenvalue weighted by Gasteiger charge is -2.35. The molecule has 2 aliphatic carbocycles. The molecule has 0 bridgehead atoms. The summed E-state index contributed by atoms with van der Waals surface area (Å²) in [7, 11) is 3.26. The van der Waals surface area contributed by atoms with Crippen LogP contribution >= 0.6 is 0 Å². The molecule has 1 atom stereocenters. The number of likely N-dealkylation sites (tertiary alicyclic amines) is 1. The van der Waals surface area contributed by atoms with Crippen LogP contribution in [0.2, 0.25) is 0 Å². The number of carbonyl (C=O) groups is 3. The molecule has 3 N–H and O–H groups in total. The average Bonchev–Trinajstić information content (AvgIpc) is 3.90. The first-order valence-electron chi connectivity index (χ1n) is 20.0. The lowest BCUT2D eigenvalue weighted by molar-refractivity contribution is -0.135. The molecule has 56 heavy (non-hydrogen) atoms. The summed E-state index contributed by atoms with van der Waals surface area (Å²) < 4.78 is 10.2. The van der Waals surface area contributed by atoms with Crippen LogP contribution in [0.1, 0.15) is 107 Å². The number of fused-ring (bicyclic) bond motifs is 2. The number of aromatic nitrogens is 5. The Balaban J connectivity index is 0.000000196. The topological polar surface area (TPSA) is 165 Å². The predicted molar refractivity (Wildman–Crippen MR) is 217 cm³/mol. The number of ether oxygens (including phenoxy) is 1. The molecule has 3 amide bonds. The van der Waals surface area contributed by atoms with Crippen LogP contribution in [0.25, 0.3) is 21.9 Å². The van der Waals surface area contributed by atoms with Gasteiger partial charge in [-0.1, -0.05) is 25.3 Å². The number of carbonyl (C=O) groups excluding carboxylic acids is 3. The summed E-state index contributed by atoms with van der Waals surface area (Å²) in [6.07, 6.45) is 15.3. The van der Waals surface area contributed by atoms with Crippen molar-refractivity contribution in [1.82, 2.24) is 34.1 Å². The number of rotatable bonds is 8. The molecule has 2 saturated carbocycles. The fourth-order valence-corrected chi connectivity index (χ4v) is 8.80. The summed E-state index contributed by atoms with van der Waals surface area (Å²) in [5.74, 6) is 0.777. The number of nitrogens with one attached hydrogen (secondary N) is 3. The molecule has 2 aromatic carbocycles. The van der Waals surface area contributed by atoms with Crippen LogP contribution in [0.3, 0.4) is 0 Å². The molecule has 2 saturated heterocycles. The number of H-pyrrole nitrogens is 1. The van der Waals surface area contributed by atoms with Crippen molar-refractivity contribution in [3.8, 4) is 5.75 Å². The number of aryl methyl sites for hydroxylation is 1. The fourth-order valence-electron chi connectivity index (χ4n) is 8.80. The molecule has 14 heteroatoms. The number of hydrogen-bond acceptors (Lipinski definition) is 8. The third-order valence-electron chi connectivity index (χ3n) is 12.1. The maximum Gasteiger partial charge on any atom is 0.329 e. The first-order chi connectivity index (χ1) is 27.2. The molecule has 14 nitrogen and oxygen atoms in total. The van der Waals surface area contributed by atoms with E-state index in [1.54, 1.807) is 57.4 Å². The van der Waals surface area contributed by atoms with E-state index in [1.165, 1.54) is 51.3 Å². The number of imidazole rings is 1. The van der Waals surface area contributed by atoms with Crippen molar-refractivity contribution in [3.05, 3.63) is 86.8 Å². The van der Waals surface area contributed by atoms with Crippen LogP contribution in [0.4, 0.5) is 5.69 Å². The van der Waals surface area contributed by atoms with E-state index in [-0.39, 0.29) is 50.0 Å². The number of amides is 3. The number of piperidine rings is 2. The molecule has 3 aromatic heterocycles. The third-order valence-corrected chi connectivity index (χ3v) is 12.1. The molecule has 0 spiro atoms. The molecule has 0 radical (unpaired) electrons. The van der Waals surface area contributed by atoms with Gasteiger partial charge in [0.25, 0.3) is 11.5 Å². The molecular formula is C42H54N8O6. The van der Waals surface area contributed by atoms with Gasteiger partial charge in [-0.15, -0.1) is 0 Å². The maximum absolute atomic E-state index is 13.0. The molecule has 2 aliphatic heterocycles. The van der Waals surface area contributed by atoms with Crippen molar-refractivity contribution in [2.75, 3.05) is 32.1 Å². The molecule has 4 aliphatic rings. The standard InChI is InChI=1S/C25H34N4O3.C17H16N4O3.2H2/c1-27-22-15-19(18-11-13-28(14-12-18)16-17-5-3-2-4-6-17)7-8-20(22)29(25(27)32)21-9-10-23(30)26-24(21)31;1-24-15-8-14-10(9-18-20-14)7-12(15)16(22)19-13-3-2-6-21(17(13)23)11-4-5-11;;/h7-8,15,17-18,21H,2-6,9-14,16H2,1H3,(H,26,30,31);2-3,6-9,11H,4-5H2,1H3,(H,18,20)(H,19,22);2*1H. The van der Waals surface area contributed by atoms with Gasteiger partial charge < -0.3 is 19.5 Å². The molecule has 298 valence electrons. The molecule has 5 aromatic rings. The van der Waals surface area contributed by atoms with E-state index in [0.29, 0.717) is 23.7 Å². The van der Waals surface area contributed by atoms with Gasteiger partial charge >= 0.3 is 5.69 Å². The van der Waals surface area contributed by atoms with Gasteiger partial charge in [-0.05, 0) is 106 Å². The van der Waals surface area contributed by atoms with Crippen LogP contribution < -0.4 is 26.6 Å². The minimum absolute atomic E-state index is 0. The van der Waals surface area contributed by atoms with Gasteiger partial charge in [0.2, 0.25) is 11.8 Å². The number of imide groups is 1. The van der Waals surface area contributed by atoms with Crippen molar-refractivity contribution in [3.63, 3.8) is 0 Å². The third kappa shape index (κ3) is 7.66. The van der Waals surface area contributed by atoms with Gasteiger partial charge in [-0.25, -0.2) is 4.79 Å². The number of nitrogens with zero attached hydrogens (tertiary/aromatic N) is 5. The van der Waals surface area contributed by atoms with Crippen molar-refractivity contribution in [2.45, 2.75) is 88.6 Å². The van der Waals surface area contributed by atoms with Crippen molar-refractivity contribution in [2.24, 2.45) is 13.0 Å². The summed E-state index contributed by atoms with van der Waals surface area (Å²) >= 11 is 0. The Morgan fingerprint density at radius 1 is 0.946 bits per heavy atom. The molecule has 9 rings (SSSR count). The lowest BCUT2D eigenvalue weighted by atomic mass is 9.86. The number of benzene rings is 2.